The highest BCUT2D eigenvalue weighted by molar-refractivity contribution is 6.06. The molecule has 0 aliphatic rings. The van der Waals surface area contributed by atoms with Crippen molar-refractivity contribution in [2.75, 3.05) is 0 Å². The number of benzene rings is 3. The van der Waals surface area contributed by atoms with Gasteiger partial charge >= 0.3 is 0 Å². The second-order valence-corrected chi connectivity index (χ2v) is 7.30. The van der Waals surface area contributed by atoms with Gasteiger partial charge in [0.05, 0.1) is 17.6 Å². The van der Waals surface area contributed by atoms with Gasteiger partial charge in [-0.05, 0) is 36.2 Å². The van der Waals surface area contributed by atoms with E-state index in [1.54, 1.807) is 16.7 Å². The number of aryl methyl sites for hydroxylation is 1. The number of pyridine rings is 1. The van der Waals surface area contributed by atoms with E-state index in [0.29, 0.717) is 23.0 Å². The Hall–Kier alpha value is -3.73. The largest absolute Gasteiger partial charge is 0.348 e. The molecule has 0 unspecified atom stereocenters. The number of amides is 1. The van der Waals surface area contributed by atoms with Gasteiger partial charge in [0.2, 0.25) is 0 Å². The number of hydrogen-bond acceptors (Lipinski definition) is 2. The van der Waals surface area contributed by atoms with Crippen LogP contribution in [-0.2, 0) is 13.1 Å². The lowest BCUT2D eigenvalue weighted by Crippen LogP contribution is -2.27. The Morgan fingerprint density at radius 1 is 0.933 bits per heavy atom. The summed E-state index contributed by atoms with van der Waals surface area (Å²) in [6.07, 6.45) is 0. The van der Waals surface area contributed by atoms with E-state index >= 15 is 0 Å². The van der Waals surface area contributed by atoms with Crippen LogP contribution in [0.4, 0.5) is 4.39 Å². The molecule has 0 bridgehead atoms. The molecule has 1 heterocycles. The third-order valence-electron chi connectivity index (χ3n) is 5.05. The molecule has 0 radical (unpaired) electrons. The Bertz CT molecular complexity index is 1280. The second kappa shape index (κ2) is 8.33. The standard InChI is InChI=1S/C25H21FN2O2/c1-17-5-4-6-19(13-17)16-28-23-8-3-2-7-21(23)22(14-24(28)29)25(30)27-15-18-9-11-20(26)12-10-18/h2-14H,15-16H2,1H3,(H,27,30). The highest BCUT2D eigenvalue weighted by atomic mass is 19.1. The summed E-state index contributed by atoms with van der Waals surface area (Å²) in [6.45, 7) is 2.69. The quantitative estimate of drug-likeness (QED) is 0.539. The number of nitrogens with one attached hydrogen (secondary N) is 1. The van der Waals surface area contributed by atoms with Gasteiger partial charge in [-0.3, -0.25) is 9.59 Å². The van der Waals surface area contributed by atoms with Crippen molar-refractivity contribution >= 4 is 16.8 Å². The minimum atomic E-state index is -0.338. The van der Waals surface area contributed by atoms with E-state index in [1.807, 2.05) is 55.5 Å². The number of aromatic nitrogens is 1. The van der Waals surface area contributed by atoms with Gasteiger partial charge in [0.1, 0.15) is 5.82 Å². The molecule has 1 aromatic heterocycles. The lowest BCUT2D eigenvalue weighted by molar-refractivity contribution is 0.0952. The van der Waals surface area contributed by atoms with Crippen LogP contribution in [0.1, 0.15) is 27.0 Å². The molecule has 3 aromatic carbocycles. The molecule has 4 rings (SSSR count). The lowest BCUT2D eigenvalue weighted by atomic mass is 10.1. The van der Waals surface area contributed by atoms with Crippen LogP contribution in [0.25, 0.3) is 10.9 Å². The molecule has 4 aromatic rings. The number of para-hydroxylation sites is 1. The summed E-state index contributed by atoms with van der Waals surface area (Å²) in [6, 6.07) is 22.7. The molecule has 0 aliphatic heterocycles. The molecular weight excluding hydrogens is 379 g/mol. The normalized spacial score (nSPS) is 10.9. The number of hydrogen-bond donors (Lipinski definition) is 1. The topological polar surface area (TPSA) is 51.1 Å². The van der Waals surface area contributed by atoms with Crippen LogP contribution < -0.4 is 10.9 Å². The van der Waals surface area contributed by atoms with Crippen LogP contribution in [0.3, 0.4) is 0 Å². The minimum absolute atomic E-state index is 0.234. The average Bonchev–Trinajstić information content (AvgIpc) is 2.75. The molecule has 4 nitrogen and oxygen atoms in total. The maximum Gasteiger partial charge on any atom is 0.252 e. The van der Waals surface area contributed by atoms with E-state index in [-0.39, 0.29) is 23.8 Å². The molecular formula is C25H21FN2O2. The van der Waals surface area contributed by atoms with Gasteiger partial charge in [0, 0.05) is 18.0 Å². The molecule has 0 spiro atoms. The van der Waals surface area contributed by atoms with Crippen LogP contribution in [0.5, 0.6) is 0 Å². The van der Waals surface area contributed by atoms with E-state index in [9.17, 15) is 14.0 Å². The van der Waals surface area contributed by atoms with Gasteiger partial charge in [-0.2, -0.15) is 0 Å². The van der Waals surface area contributed by atoms with Crippen molar-refractivity contribution in [3.05, 3.63) is 117 Å². The van der Waals surface area contributed by atoms with E-state index in [0.717, 1.165) is 16.7 Å². The Balaban J connectivity index is 1.67. The highest BCUT2D eigenvalue weighted by Crippen LogP contribution is 2.18. The van der Waals surface area contributed by atoms with Crippen LogP contribution in [0.2, 0.25) is 0 Å². The Kier molecular flexibility index (Phi) is 5.44. The van der Waals surface area contributed by atoms with Crippen LogP contribution >= 0.6 is 0 Å². The van der Waals surface area contributed by atoms with Crippen LogP contribution in [0, 0.1) is 12.7 Å². The summed E-state index contributed by atoms with van der Waals surface area (Å²) in [4.78, 5) is 25.7. The highest BCUT2D eigenvalue weighted by Gasteiger charge is 2.15. The first-order valence-corrected chi connectivity index (χ1v) is 9.72. The first-order chi connectivity index (χ1) is 14.5. The summed E-state index contributed by atoms with van der Waals surface area (Å²) in [5, 5.41) is 3.53. The van der Waals surface area contributed by atoms with Gasteiger partial charge in [-0.25, -0.2) is 4.39 Å². The Morgan fingerprint density at radius 3 is 2.47 bits per heavy atom. The van der Waals surface area contributed by atoms with Gasteiger partial charge in [0.25, 0.3) is 11.5 Å². The molecule has 5 heteroatoms. The van der Waals surface area contributed by atoms with Gasteiger partial charge in [0.15, 0.2) is 0 Å². The number of halogens is 1. The SMILES string of the molecule is Cc1cccc(Cn2c(=O)cc(C(=O)NCc3ccc(F)cc3)c3ccccc32)c1. The Morgan fingerprint density at radius 2 is 1.70 bits per heavy atom. The zero-order valence-corrected chi connectivity index (χ0v) is 16.6. The van der Waals surface area contributed by atoms with Crippen LogP contribution in [-0.4, -0.2) is 10.5 Å². The average molecular weight is 400 g/mol. The molecule has 0 saturated carbocycles. The maximum atomic E-state index is 13.1. The summed E-state index contributed by atoms with van der Waals surface area (Å²) < 4.78 is 14.7. The fourth-order valence-corrected chi connectivity index (χ4v) is 3.56. The number of nitrogens with zero attached hydrogens (tertiary/aromatic N) is 1. The third kappa shape index (κ3) is 4.15. The van der Waals surface area contributed by atoms with Crippen molar-refractivity contribution in [3.63, 3.8) is 0 Å². The van der Waals surface area contributed by atoms with E-state index in [4.69, 9.17) is 0 Å². The van der Waals surface area contributed by atoms with E-state index in [1.165, 1.54) is 18.2 Å². The van der Waals surface area contributed by atoms with E-state index in [2.05, 4.69) is 5.32 Å². The summed E-state index contributed by atoms with van der Waals surface area (Å²) in [5.74, 6) is -0.663. The molecule has 0 saturated heterocycles. The molecule has 0 fully saturated rings. The van der Waals surface area contributed by atoms with Crippen molar-refractivity contribution in [3.8, 4) is 0 Å². The van der Waals surface area contributed by atoms with E-state index < -0.39 is 0 Å². The zero-order valence-electron chi connectivity index (χ0n) is 16.6. The van der Waals surface area contributed by atoms with Crippen molar-refractivity contribution in [2.24, 2.45) is 0 Å². The molecule has 0 aliphatic carbocycles. The van der Waals surface area contributed by atoms with Crippen molar-refractivity contribution in [1.82, 2.24) is 9.88 Å². The third-order valence-corrected chi connectivity index (χ3v) is 5.05. The minimum Gasteiger partial charge on any atom is -0.348 e. The second-order valence-electron chi connectivity index (χ2n) is 7.30. The molecule has 0 atom stereocenters. The summed E-state index contributed by atoms with van der Waals surface area (Å²) in [5.41, 5.74) is 3.73. The molecule has 1 amide bonds. The zero-order chi connectivity index (χ0) is 21.1. The molecule has 1 N–H and O–H groups in total. The number of carbonyl (C=O) groups excluding carboxylic acids is 1. The predicted octanol–water partition coefficient (Wildman–Crippen LogP) is 4.43. The fraction of sp³-hybridized carbons (Fsp3) is 0.120. The Labute approximate surface area is 173 Å². The first-order valence-electron chi connectivity index (χ1n) is 9.72. The number of rotatable bonds is 5. The van der Waals surface area contributed by atoms with Gasteiger partial charge < -0.3 is 9.88 Å². The van der Waals surface area contributed by atoms with Crippen molar-refractivity contribution < 1.29 is 9.18 Å². The van der Waals surface area contributed by atoms with Gasteiger partial charge in [-0.1, -0.05) is 60.2 Å². The first kappa shape index (κ1) is 19.6. The number of fused-ring (bicyclic) bond motifs is 1. The van der Waals surface area contributed by atoms with Crippen molar-refractivity contribution in [1.29, 1.82) is 0 Å². The van der Waals surface area contributed by atoms with Crippen molar-refractivity contribution in [2.45, 2.75) is 20.0 Å². The monoisotopic (exact) mass is 400 g/mol. The predicted molar refractivity (Wildman–Crippen MR) is 116 cm³/mol. The fourth-order valence-electron chi connectivity index (χ4n) is 3.56. The lowest BCUT2D eigenvalue weighted by Gasteiger charge is -2.14. The summed E-state index contributed by atoms with van der Waals surface area (Å²) in [7, 11) is 0. The summed E-state index contributed by atoms with van der Waals surface area (Å²) >= 11 is 0. The maximum absolute atomic E-state index is 13.1. The van der Waals surface area contributed by atoms with Crippen LogP contribution in [0.15, 0.2) is 83.7 Å². The smallest absolute Gasteiger partial charge is 0.252 e. The number of carbonyl (C=O) groups is 1. The molecule has 150 valence electrons. The van der Waals surface area contributed by atoms with Gasteiger partial charge in [-0.15, -0.1) is 0 Å². The molecule has 30 heavy (non-hydrogen) atoms.